The minimum atomic E-state index is -0.115. The summed E-state index contributed by atoms with van der Waals surface area (Å²) in [7, 11) is 5.82. The maximum absolute atomic E-state index is 12.5. The Bertz CT molecular complexity index is 896. The van der Waals surface area contributed by atoms with Crippen LogP contribution in [-0.4, -0.2) is 29.6 Å². The highest BCUT2D eigenvalue weighted by atomic mass is 16.1. The third-order valence-corrected chi connectivity index (χ3v) is 4.25. The highest BCUT2D eigenvalue weighted by Crippen LogP contribution is 2.20. The van der Waals surface area contributed by atoms with Gasteiger partial charge in [0.15, 0.2) is 0 Å². The molecule has 24 heavy (non-hydrogen) atoms. The number of aryl methyl sites for hydroxylation is 2. The van der Waals surface area contributed by atoms with Gasteiger partial charge in [0.25, 0.3) is 5.91 Å². The molecule has 0 saturated heterocycles. The Kier molecular flexibility index (Phi) is 4.25. The van der Waals surface area contributed by atoms with Gasteiger partial charge in [0, 0.05) is 50.5 Å². The van der Waals surface area contributed by atoms with E-state index in [2.05, 4.69) is 53.1 Å². The smallest absolute Gasteiger partial charge is 0.255 e. The van der Waals surface area contributed by atoms with Gasteiger partial charge in [-0.1, -0.05) is 6.07 Å². The number of benzene rings is 1. The molecule has 124 valence electrons. The molecule has 0 bridgehead atoms. The summed E-state index contributed by atoms with van der Waals surface area (Å²) in [6.45, 7) is 2.58. The number of pyridine rings is 1. The first-order valence-corrected chi connectivity index (χ1v) is 7.93. The monoisotopic (exact) mass is 322 g/mol. The maximum atomic E-state index is 12.5. The summed E-state index contributed by atoms with van der Waals surface area (Å²) in [6, 6.07) is 12.0. The molecule has 0 spiro atoms. The maximum Gasteiger partial charge on any atom is 0.255 e. The molecule has 3 aromatic rings. The number of carbonyl (C=O) groups is 1. The van der Waals surface area contributed by atoms with Crippen LogP contribution in [0.4, 0.5) is 5.82 Å². The molecule has 1 aromatic carbocycles. The summed E-state index contributed by atoms with van der Waals surface area (Å²) in [6.07, 6.45) is 1.69. The second-order valence-electron chi connectivity index (χ2n) is 6.19. The van der Waals surface area contributed by atoms with Gasteiger partial charge < -0.3 is 14.8 Å². The van der Waals surface area contributed by atoms with Gasteiger partial charge in [-0.15, -0.1) is 0 Å². The zero-order chi connectivity index (χ0) is 17.3. The van der Waals surface area contributed by atoms with Gasteiger partial charge in [0.2, 0.25) is 0 Å². The van der Waals surface area contributed by atoms with E-state index in [4.69, 9.17) is 0 Å². The third kappa shape index (κ3) is 2.97. The van der Waals surface area contributed by atoms with Crippen molar-refractivity contribution >= 4 is 22.6 Å². The summed E-state index contributed by atoms with van der Waals surface area (Å²) in [5, 5.41) is 4.18. The van der Waals surface area contributed by atoms with Crippen LogP contribution in [0, 0.1) is 6.92 Å². The number of fused-ring (bicyclic) bond motifs is 1. The molecule has 5 nitrogen and oxygen atoms in total. The Morgan fingerprint density at radius 2 is 2.04 bits per heavy atom. The first-order chi connectivity index (χ1) is 11.5. The molecule has 1 amide bonds. The standard InChI is InChI=1S/C19H22N4O/c1-13-10-15-11-14(7-8-17(15)23(13)4)12-21-19(24)16-6-5-9-20-18(16)22(2)3/h5-11H,12H2,1-4H3,(H,21,24). The molecule has 0 fully saturated rings. The molecule has 1 N–H and O–H groups in total. The van der Waals surface area contributed by atoms with E-state index in [0.717, 1.165) is 5.56 Å². The molecule has 0 aliphatic carbocycles. The van der Waals surface area contributed by atoms with Gasteiger partial charge in [0.05, 0.1) is 5.56 Å². The number of nitrogens with one attached hydrogen (secondary N) is 1. The van der Waals surface area contributed by atoms with E-state index in [9.17, 15) is 4.79 Å². The Labute approximate surface area is 141 Å². The number of amides is 1. The summed E-state index contributed by atoms with van der Waals surface area (Å²) < 4.78 is 2.16. The van der Waals surface area contributed by atoms with Crippen molar-refractivity contribution in [2.45, 2.75) is 13.5 Å². The zero-order valence-corrected chi connectivity index (χ0v) is 14.5. The average Bonchev–Trinajstić information content (AvgIpc) is 2.86. The van der Waals surface area contributed by atoms with Crippen LogP contribution in [0.15, 0.2) is 42.6 Å². The molecule has 0 unspecified atom stereocenters. The predicted molar refractivity (Wildman–Crippen MR) is 97.4 cm³/mol. The van der Waals surface area contributed by atoms with Crippen LogP contribution in [0.25, 0.3) is 10.9 Å². The van der Waals surface area contributed by atoms with Crippen molar-refractivity contribution < 1.29 is 4.79 Å². The SMILES string of the molecule is Cc1cc2cc(CNC(=O)c3cccnc3N(C)C)ccc2n1C. The molecule has 0 atom stereocenters. The largest absolute Gasteiger partial charge is 0.362 e. The van der Waals surface area contributed by atoms with Crippen LogP contribution >= 0.6 is 0 Å². The molecular weight excluding hydrogens is 300 g/mol. The molecule has 2 aromatic heterocycles. The summed E-state index contributed by atoms with van der Waals surface area (Å²) in [5.74, 6) is 0.556. The number of anilines is 1. The van der Waals surface area contributed by atoms with Crippen LogP contribution < -0.4 is 10.2 Å². The van der Waals surface area contributed by atoms with Crippen molar-refractivity contribution in [2.24, 2.45) is 7.05 Å². The lowest BCUT2D eigenvalue weighted by molar-refractivity contribution is 0.0951. The number of nitrogens with zero attached hydrogens (tertiary/aromatic N) is 3. The van der Waals surface area contributed by atoms with Crippen molar-refractivity contribution in [3.8, 4) is 0 Å². The molecule has 5 heteroatoms. The van der Waals surface area contributed by atoms with Crippen LogP contribution in [-0.2, 0) is 13.6 Å². The highest BCUT2D eigenvalue weighted by molar-refractivity contribution is 5.98. The van der Waals surface area contributed by atoms with Crippen LogP contribution in [0.5, 0.6) is 0 Å². The Morgan fingerprint density at radius 3 is 2.79 bits per heavy atom. The number of hydrogen-bond acceptors (Lipinski definition) is 3. The van der Waals surface area contributed by atoms with Crippen molar-refractivity contribution in [3.05, 3.63) is 59.4 Å². The van der Waals surface area contributed by atoms with Crippen molar-refractivity contribution in [3.63, 3.8) is 0 Å². The van der Waals surface area contributed by atoms with E-state index < -0.39 is 0 Å². The number of rotatable bonds is 4. The first kappa shape index (κ1) is 16.1. The lowest BCUT2D eigenvalue weighted by Crippen LogP contribution is -2.25. The fourth-order valence-corrected chi connectivity index (χ4v) is 2.86. The third-order valence-electron chi connectivity index (χ3n) is 4.25. The fraction of sp³-hybridized carbons (Fsp3) is 0.263. The summed E-state index contributed by atoms with van der Waals surface area (Å²) in [4.78, 5) is 18.6. The van der Waals surface area contributed by atoms with E-state index in [0.29, 0.717) is 17.9 Å². The van der Waals surface area contributed by atoms with Crippen LogP contribution in [0.3, 0.4) is 0 Å². The summed E-state index contributed by atoms with van der Waals surface area (Å²) >= 11 is 0. The Morgan fingerprint density at radius 1 is 1.25 bits per heavy atom. The predicted octanol–water partition coefficient (Wildman–Crippen LogP) is 2.88. The fourth-order valence-electron chi connectivity index (χ4n) is 2.86. The molecule has 0 aliphatic rings. The molecule has 0 aliphatic heterocycles. The van der Waals surface area contributed by atoms with Gasteiger partial charge in [0.1, 0.15) is 5.82 Å². The van der Waals surface area contributed by atoms with Crippen molar-refractivity contribution in [2.75, 3.05) is 19.0 Å². The minimum absolute atomic E-state index is 0.115. The summed E-state index contributed by atoms with van der Waals surface area (Å²) in [5.41, 5.74) is 4.08. The van der Waals surface area contributed by atoms with Gasteiger partial charge in [-0.3, -0.25) is 4.79 Å². The second-order valence-corrected chi connectivity index (χ2v) is 6.19. The quantitative estimate of drug-likeness (QED) is 0.803. The first-order valence-electron chi connectivity index (χ1n) is 7.93. The van der Waals surface area contributed by atoms with E-state index in [1.165, 1.54) is 16.6 Å². The van der Waals surface area contributed by atoms with Gasteiger partial charge in [-0.2, -0.15) is 0 Å². The molecular formula is C19H22N4O. The van der Waals surface area contributed by atoms with Gasteiger partial charge in [-0.25, -0.2) is 4.98 Å². The Balaban J connectivity index is 1.77. The highest BCUT2D eigenvalue weighted by Gasteiger charge is 2.13. The van der Waals surface area contributed by atoms with Crippen molar-refractivity contribution in [1.29, 1.82) is 0 Å². The van der Waals surface area contributed by atoms with Crippen LogP contribution in [0.1, 0.15) is 21.6 Å². The normalized spacial score (nSPS) is 10.8. The number of carbonyl (C=O) groups excluding carboxylic acids is 1. The number of aromatic nitrogens is 2. The second kappa shape index (κ2) is 6.35. The lowest BCUT2D eigenvalue weighted by Gasteiger charge is -2.15. The molecule has 0 saturated carbocycles. The van der Waals surface area contributed by atoms with E-state index in [-0.39, 0.29) is 5.91 Å². The van der Waals surface area contributed by atoms with Crippen molar-refractivity contribution in [1.82, 2.24) is 14.9 Å². The van der Waals surface area contributed by atoms with Gasteiger partial charge in [-0.05, 0) is 42.8 Å². The molecule has 3 rings (SSSR count). The van der Waals surface area contributed by atoms with E-state index in [1.54, 1.807) is 18.3 Å². The van der Waals surface area contributed by atoms with Gasteiger partial charge >= 0.3 is 0 Å². The van der Waals surface area contributed by atoms with Crippen LogP contribution in [0.2, 0.25) is 0 Å². The zero-order valence-electron chi connectivity index (χ0n) is 14.5. The average molecular weight is 322 g/mol. The Hall–Kier alpha value is -2.82. The van der Waals surface area contributed by atoms with E-state index >= 15 is 0 Å². The number of hydrogen-bond donors (Lipinski definition) is 1. The molecule has 2 heterocycles. The minimum Gasteiger partial charge on any atom is -0.362 e. The topological polar surface area (TPSA) is 50.2 Å². The van der Waals surface area contributed by atoms with E-state index in [1.807, 2.05) is 19.0 Å². The lowest BCUT2D eigenvalue weighted by atomic mass is 10.1. The molecule has 0 radical (unpaired) electrons.